The molecule has 0 saturated carbocycles. The number of amides is 2. The van der Waals surface area contributed by atoms with Gasteiger partial charge in [0, 0.05) is 35.3 Å². The molecule has 12 heteroatoms. The first kappa shape index (κ1) is 33.9. The van der Waals surface area contributed by atoms with E-state index in [1.54, 1.807) is 18.2 Å². The Hall–Kier alpha value is -6.56. The second-order valence-electron chi connectivity index (χ2n) is 13.3. The van der Waals surface area contributed by atoms with E-state index >= 15 is 0 Å². The molecule has 0 fully saturated rings. The molecular formula is C40H38N8O4. The monoisotopic (exact) mass is 694 g/mol. The molecule has 7 aromatic rings. The number of carbonyl (C=O) groups excluding carboxylic acids is 2. The zero-order valence-corrected chi connectivity index (χ0v) is 29.2. The van der Waals surface area contributed by atoms with Crippen LogP contribution in [0.4, 0.5) is 0 Å². The molecular weight excluding hydrogens is 656 g/mol. The van der Waals surface area contributed by atoms with E-state index in [4.69, 9.17) is 0 Å². The highest BCUT2D eigenvalue weighted by atomic mass is 16.3. The third-order valence-electron chi connectivity index (χ3n) is 8.99. The van der Waals surface area contributed by atoms with E-state index in [-0.39, 0.29) is 47.6 Å². The standard InChI is InChI=1S/C40H38N8O4/c1-23(2)27-17-29(37(49)35(19-27)47-43-31-12-5-6-13-32(31)44-47)21-41-39(51)25-10-9-11-26(16-25)40(52)42-22-30-18-28(24(3)4)20-36(38(30)50)48-45-33-14-7-8-15-34(33)46-48/h5-20,23-24,49-50H,21-22H2,1-4H3,(H,41,51)(H,42,52). The van der Waals surface area contributed by atoms with Gasteiger partial charge in [0.2, 0.25) is 0 Å². The van der Waals surface area contributed by atoms with Crippen LogP contribution in [0.2, 0.25) is 0 Å². The van der Waals surface area contributed by atoms with E-state index in [0.717, 1.165) is 11.1 Å². The molecule has 2 heterocycles. The molecule has 0 atom stereocenters. The average Bonchev–Trinajstić information content (AvgIpc) is 3.78. The number of aromatic hydroxyl groups is 2. The first-order valence-corrected chi connectivity index (χ1v) is 17.1. The predicted octanol–water partition coefficient (Wildman–Crippen LogP) is 6.67. The van der Waals surface area contributed by atoms with E-state index in [1.807, 2.05) is 100 Å². The Bertz CT molecular complexity index is 2230. The molecule has 0 aliphatic heterocycles. The summed E-state index contributed by atoms with van der Waals surface area (Å²) in [5.41, 5.74) is 7.07. The Morgan fingerprint density at radius 3 is 1.27 bits per heavy atom. The summed E-state index contributed by atoms with van der Waals surface area (Å²) in [5.74, 6) is -0.639. The fourth-order valence-electron chi connectivity index (χ4n) is 5.94. The van der Waals surface area contributed by atoms with Gasteiger partial charge in [0.15, 0.2) is 0 Å². The fraction of sp³-hybridized carbons (Fsp3) is 0.200. The van der Waals surface area contributed by atoms with Crippen LogP contribution in [0.3, 0.4) is 0 Å². The Morgan fingerprint density at radius 2 is 0.923 bits per heavy atom. The molecule has 0 bridgehead atoms. The minimum absolute atomic E-state index is 0.0317. The largest absolute Gasteiger partial charge is 0.505 e. The van der Waals surface area contributed by atoms with Gasteiger partial charge >= 0.3 is 0 Å². The summed E-state index contributed by atoms with van der Waals surface area (Å²) in [4.78, 5) is 29.5. The minimum Gasteiger partial charge on any atom is -0.505 e. The van der Waals surface area contributed by atoms with Crippen LogP contribution in [0.1, 0.15) is 82.5 Å². The number of phenols is 2. The molecule has 0 saturated heterocycles. The smallest absolute Gasteiger partial charge is 0.251 e. The van der Waals surface area contributed by atoms with Crippen molar-refractivity contribution in [3.8, 4) is 22.9 Å². The van der Waals surface area contributed by atoms with Crippen LogP contribution < -0.4 is 10.6 Å². The number of phenolic OH excluding ortho intramolecular Hbond substituents is 2. The molecule has 0 spiro atoms. The molecule has 2 aromatic heterocycles. The summed E-state index contributed by atoms with van der Waals surface area (Å²) >= 11 is 0. The number of fused-ring (bicyclic) bond motifs is 2. The molecule has 12 nitrogen and oxygen atoms in total. The predicted molar refractivity (Wildman–Crippen MR) is 198 cm³/mol. The molecule has 5 aromatic carbocycles. The number of carbonyl (C=O) groups is 2. The Kier molecular flexibility index (Phi) is 9.12. The molecule has 0 unspecified atom stereocenters. The lowest BCUT2D eigenvalue weighted by atomic mass is 9.98. The molecule has 0 aliphatic rings. The lowest BCUT2D eigenvalue weighted by molar-refractivity contribution is 0.0950. The van der Waals surface area contributed by atoms with Crippen molar-refractivity contribution in [3.05, 3.63) is 130 Å². The van der Waals surface area contributed by atoms with Crippen LogP contribution in [-0.2, 0) is 13.1 Å². The zero-order chi connectivity index (χ0) is 36.5. The highest BCUT2D eigenvalue weighted by Crippen LogP contribution is 2.32. The number of benzene rings is 5. The van der Waals surface area contributed by atoms with E-state index < -0.39 is 11.8 Å². The number of hydrogen-bond donors (Lipinski definition) is 4. The van der Waals surface area contributed by atoms with Gasteiger partial charge in [-0.05, 0) is 89.7 Å². The van der Waals surface area contributed by atoms with Gasteiger partial charge in [-0.25, -0.2) is 0 Å². The molecule has 52 heavy (non-hydrogen) atoms. The second kappa shape index (κ2) is 14.0. The quantitative estimate of drug-likeness (QED) is 0.124. The summed E-state index contributed by atoms with van der Waals surface area (Å²) in [6.45, 7) is 8.24. The maximum absolute atomic E-state index is 13.4. The molecule has 0 radical (unpaired) electrons. The average molecular weight is 695 g/mol. The van der Waals surface area contributed by atoms with Gasteiger partial charge in [-0.15, -0.1) is 30.0 Å². The maximum Gasteiger partial charge on any atom is 0.251 e. The van der Waals surface area contributed by atoms with Gasteiger partial charge in [-0.1, -0.05) is 58.0 Å². The van der Waals surface area contributed by atoms with Crippen molar-refractivity contribution >= 4 is 33.9 Å². The number of nitrogens with zero attached hydrogens (tertiary/aromatic N) is 6. The van der Waals surface area contributed by atoms with Gasteiger partial charge in [-0.3, -0.25) is 9.59 Å². The zero-order valence-electron chi connectivity index (χ0n) is 29.2. The van der Waals surface area contributed by atoms with E-state index in [1.165, 1.54) is 15.7 Å². The highest BCUT2D eigenvalue weighted by Gasteiger charge is 2.19. The highest BCUT2D eigenvalue weighted by molar-refractivity contribution is 5.99. The Balaban J connectivity index is 1.07. The van der Waals surface area contributed by atoms with Gasteiger partial charge < -0.3 is 20.8 Å². The third kappa shape index (κ3) is 6.78. The lowest BCUT2D eigenvalue weighted by Crippen LogP contribution is -2.25. The van der Waals surface area contributed by atoms with Crippen molar-refractivity contribution in [1.82, 2.24) is 40.6 Å². The van der Waals surface area contributed by atoms with Crippen molar-refractivity contribution < 1.29 is 19.8 Å². The Labute approximate surface area is 299 Å². The topological polar surface area (TPSA) is 160 Å². The van der Waals surface area contributed by atoms with Crippen molar-refractivity contribution in [2.75, 3.05) is 0 Å². The summed E-state index contributed by atoms with van der Waals surface area (Å²) in [6, 6.07) is 28.7. The summed E-state index contributed by atoms with van der Waals surface area (Å²) in [6.07, 6.45) is 0. The van der Waals surface area contributed by atoms with Crippen molar-refractivity contribution in [1.29, 1.82) is 0 Å². The van der Waals surface area contributed by atoms with Crippen LogP contribution in [0.25, 0.3) is 33.4 Å². The SMILES string of the molecule is CC(C)c1cc(CNC(=O)c2cccc(C(=O)NCc3cc(C(C)C)cc(-n4nc5ccccc5n4)c3O)c2)c(O)c(-n2nc3ccccc3n2)c1. The number of aromatic nitrogens is 6. The molecule has 7 rings (SSSR count). The summed E-state index contributed by atoms with van der Waals surface area (Å²) in [7, 11) is 0. The number of hydrogen-bond acceptors (Lipinski definition) is 8. The van der Waals surface area contributed by atoms with Gasteiger partial charge in [-0.2, -0.15) is 0 Å². The summed E-state index contributed by atoms with van der Waals surface area (Å²) < 4.78 is 0. The van der Waals surface area contributed by atoms with Gasteiger partial charge in [0.05, 0.1) is 0 Å². The van der Waals surface area contributed by atoms with Crippen LogP contribution in [0.5, 0.6) is 11.5 Å². The Morgan fingerprint density at radius 1 is 0.558 bits per heavy atom. The fourth-order valence-corrected chi connectivity index (χ4v) is 5.94. The summed E-state index contributed by atoms with van der Waals surface area (Å²) in [5, 5.41) is 46.4. The van der Waals surface area contributed by atoms with E-state index in [9.17, 15) is 19.8 Å². The molecule has 2 amide bonds. The molecule has 262 valence electrons. The first-order chi connectivity index (χ1) is 25.0. The maximum atomic E-state index is 13.4. The van der Waals surface area contributed by atoms with Gasteiger partial charge in [0.25, 0.3) is 11.8 Å². The molecule has 0 aliphatic carbocycles. The number of rotatable bonds is 10. The minimum atomic E-state index is -0.417. The van der Waals surface area contributed by atoms with Crippen LogP contribution >= 0.6 is 0 Å². The normalized spacial score (nSPS) is 11.5. The van der Waals surface area contributed by atoms with Crippen LogP contribution in [-0.4, -0.2) is 52.0 Å². The first-order valence-electron chi connectivity index (χ1n) is 17.1. The third-order valence-corrected chi connectivity index (χ3v) is 8.99. The van der Waals surface area contributed by atoms with Crippen LogP contribution in [0.15, 0.2) is 97.1 Å². The van der Waals surface area contributed by atoms with Crippen molar-refractivity contribution in [2.24, 2.45) is 0 Å². The lowest BCUT2D eigenvalue weighted by Gasteiger charge is -2.15. The van der Waals surface area contributed by atoms with Crippen LogP contribution in [0, 0.1) is 0 Å². The molecule has 4 N–H and O–H groups in total. The van der Waals surface area contributed by atoms with Gasteiger partial charge in [0.1, 0.15) is 44.9 Å². The number of nitrogens with one attached hydrogen (secondary N) is 2. The van der Waals surface area contributed by atoms with E-state index in [0.29, 0.717) is 44.6 Å². The van der Waals surface area contributed by atoms with Crippen molar-refractivity contribution in [3.63, 3.8) is 0 Å². The van der Waals surface area contributed by atoms with E-state index in [2.05, 4.69) is 31.0 Å². The van der Waals surface area contributed by atoms with Crippen molar-refractivity contribution in [2.45, 2.75) is 52.6 Å². The second-order valence-corrected chi connectivity index (χ2v) is 13.3.